The first-order valence-electron chi connectivity index (χ1n) is 7.45. The van der Waals surface area contributed by atoms with Crippen molar-refractivity contribution in [2.24, 2.45) is 0 Å². The normalized spacial score (nSPS) is 10.4. The largest absolute Gasteiger partial charge is 0.273 e. The van der Waals surface area contributed by atoms with Gasteiger partial charge in [0.25, 0.3) is 5.91 Å². The molecule has 0 saturated carbocycles. The van der Waals surface area contributed by atoms with E-state index in [1.54, 1.807) is 6.07 Å². The van der Waals surface area contributed by atoms with E-state index in [4.69, 9.17) is 0 Å². The van der Waals surface area contributed by atoms with Gasteiger partial charge in [0.05, 0.1) is 12.0 Å². The van der Waals surface area contributed by atoms with Gasteiger partial charge >= 0.3 is 0 Å². The number of hydrazine groups is 1. The lowest BCUT2D eigenvalue weighted by Gasteiger charge is -2.09. The Hall–Kier alpha value is -3.21. The highest BCUT2D eigenvalue weighted by atomic mass is 19.1. The van der Waals surface area contributed by atoms with E-state index < -0.39 is 11.7 Å². The van der Waals surface area contributed by atoms with Gasteiger partial charge in [-0.15, -0.1) is 0 Å². The van der Waals surface area contributed by atoms with Crippen molar-refractivity contribution in [1.29, 1.82) is 0 Å². The third-order valence-corrected chi connectivity index (χ3v) is 3.66. The van der Waals surface area contributed by atoms with Crippen LogP contribution in [0.4, 0.5) is 4.39 Å². The van der Waals surface area contributed by atoms with Crippen molar-refractivity contribution < 1.29 is 14.0 Å². The maximum atomic E-state index is 13.5. The van der Waals surface area contributed by atoms with Crippen molar-refractivity contribution in [2.45, 2.75) is 6.42 Å². The Balaban J connectivity index is 1.66. The lowest BCUT2D eigenvalue weighted by molar-refractivity contribution is -0.121. The third-order valence-electron chi connectivity index (χ3n) is 3.66. The molecule has 0 heterocycles. The molecule has 4 nitrogen and oxygen atoms in total. The van der Waals surface area contributed by atoms with Crippen LogP contribution in [0.3, 0.4) is 0 Å². The fourth-order valence-corrected chi connectivity index (χ4v) is 2.50. The average molecular weight is 322 g/mol. The predicted octanol–water partition coefficient (Wildman–Crippen LogP) is 2.98. The van der Waals surface area contributed by atoms with Gasteiger partial charge in [0.15, 0.2) is 0 Å². The summed E-state index contributed by atoms with van der Waals surface area (Å²) in [5.41, 5.74) is 5.28. The van der Waals surface area contributed by atoms with E-state index in [0.717, 1.165) is 16.3 Å². The van der Waals surface area contributed by atoms with Crippen LogP contribution in [0.25, 0.3) is 10.8 Å². The fourth-order valence-electron chi connectivity index (χ4n) is 2.50. The quantitative estimate of drug-likeness (QED) is 0.728. The third kappa shape index (κ3) is 3.41. The monoisotopic (exact) mass is 322 g/mol. The standard InChI is InChI=1S/C19H15FN2O2/c20-17-11-4-3-10-16(17)19(24)22-21-18(23)12-14-8-5-7-13-6-1-2-9-15(13)14/h1-11H,12H2,(H,21,23)(H,22,24). The van der Waals surface area contributed by atoms with Gasteiger partial charge in [0.1, 0.15) is 5.82 Å². The van der Waals surface area contributed by atoms with Crippen LogP contribution in [0.15, 0.2) is 66.7 Å². The smallest absolute Gasteiger partial charge is 0.272 e. The molecule has 0 atom stereocenters. The minimum absolute atomic E-state index is 0.110. The SMILES string of the molecule is O=C(Cc1cccc2ccccc12)NNC(=O)c1ccccc1F. The van der Waals surface area contributed by atoms with Crippen LogP contribution >= 0.6 is 0 Å². The second-order valence-electron chi connectivity index (χ2n) is 5.30. The van der Waals surface area contributed by atoms with Crippen molar-refractivity contribution in [3.05, 3.63) is 83.7 Å². The number of nitrogens with one attached hydrogen (secondary N) is 2. The van der Waals surface area contributed by atoms with Crippen LogP contribution in [0.1, 0.15) is 15.9 Å². The van der Waals surface area contributed by atoms with Crippen LogP contribution in [0.2, 0.25) is 0 Å². The second-order valence-corrected chi connectivity index (χ2v) is 5.30. The average Bonchev–Trinajstić information content (AvgIpc) is 2.60. The molecule has 0 aromatic heterocycles. The first-order chi connectivity index (χ1) is 11.6. The van der Waals surface area contributed by atoms with Gasteiger partial charge in [-0.2, -0.15) is 0 Å². The molecule has 2 amide bonds. The van der Waals surface area contributed by atoms with E-state index >= 15 is 0 Å². The molecule has 3 aromatic carbocycles. The molecule has 0 aliphatic rings. The summed E-state index contributed by atoms with van der Waals surface area (Å²) in [6, 6.07) is 19.0. The Bertz CT molecular complexity index is 903. The fraction of sp³-hybridized carbons (Fsp3) is 0.0526. The van der Waals surface area contributed by atoms with Gasteiger partial charge in [0, 0.05) is 0 Å². The molecule has 120 valence electrons. The number of halogens is 1. The van der Waals surface area contributed by atoms with Crippen molar-refractivity contribution in [3.8, 4) is 0 Å². The highest BCUT2D eigenvalue weighted by molar-refractivity contribution is 5.96. The first kappa shape index (κ1) is 15.7. The number of benzene rings is 3. The molecule has 0 bridgehead atoms. The van der Waals surface area contributed by atoms with Crippen molar-refractivity contribution in [3.63, 3.8) is 0 Å². The molecule has 2 N–H and O–H groups in total. The summed E-state index contributed by atoms with van der Waals surface area (Å²) < 4.78 is 13.5. The predicted molar refractivity (Wildman–Crippen MR) is 89.7 cm³/mol. The minimum atomic E-state index is -0.695. The molecule has 0 radical (unpaired) electrons. The van der Waals surface area contributed by atoms with Crippen LogP contribution in [-0.4, -0.2) is 11.8 Å². The van der Waals surface area contributed by atoms with E-state index in [1.165, 1.54) is 18.2 Å². The number of carbonyl (C=O) groups excluding carboxylic acids is 2. The Labute approximate surface area is 138 Å². The summed E-state index contributed by atoms with van der Waals surface area (Å²) in [4.78, 5) is 23.9. The Morgan fingerprint density at radius 1 is 0.833 bits per heavy atom. The number of carbonyl (C=O) groups is 2. The summed E-state index contributed by atoms with van der Waals surface area (Å²) in [5, 5.41) is 2.02. The van der Waals surface area contributed by atoms with Gasteiger partial charge in [-0.25, -0.2) is 4.39 Å². The second kappa shape index (κ2) is 6.91. The Morgan fingerprint density at radius 3 is 2.38 bits per heavy atom. The van der Waals surface area contributed by atoms with Gasteiger partial charge in [-0.05, 0) is 28.5 Å². The summed E-state index contributed by atoms with van der Waals surface area (Å²) in [6.45, 7) is 0. The summed E-state index contributed by atoms with van der Waals surface area (Å²) in [6.07, 6.45) is 0.110. The molecule has 24 heavy (non-hydrogen) atoms. The van der Waals surface area contributed by atoms with E-state index in [0.29, 0.717) is 0 Å². The lowest BCUT2D eigenvalue weighted by atomic mass is 10.0. The highest BCUT2D eigenvalue weighted by Gasteiger charge is 2.12. The highest BCUT2D eigenvalue weighted by Crippen LogP contribution is 2.18. The number of hydrogen-bond donors (Lipinski definition) is 2. The Morgan fingerprint density at radius 2 is 1.54 bits per heavy atom. The topological polar surface area (TPSA) is 58.2 Å². The molecule has 0 spiro atoms. The number of rotatable bonds is 3. The van der Waals surface area contributed by atoms with Gasteiger partial charge in [-0.1, -0.05) is 54.6 Å². The molecule has 0 saturated heterocycles. The zero-order valence-electron chi connectivity index (χ0n) is 12.8. The summed E-state index contributed by atoms with van der Waals surface area (Å²) in [7, 11) is 0. The van der Waals surface area contributed by atoms with Crippen LogP contribution in [0, 0.1) is 5.82 Å². The molecule has 5 heteroatoms. The number of hydrogen-bond acceptors (Lipinski definition) is 2. The summed E-state index contributed by atoms with van der Waals surface area (Å²) >= 11 is 0. The minimum Gasteiger partial charge on any atom is -0.273 e. The van der Waals surface area contributed by atoms with Crippen LogP contribution in [-0.2, 0) is 11.2 Å². The van der Waals surface area contributed by atoms with Crippen molar-refractivity contribution >= 4 is 22.6 Å². The van der Waals surface area contributed by atoms with Crippen molar-refractivity contribution in [1.82, 2.24) is 10.9 Å². The van der Waals surface area contributed by atoms with E-state index in [2.05, 4.69) is 10.9 Å². The van der Waals surface area contributed by atoms with Gasteiger partial charge in [0.2, 0.25) is 5.91 Å². The molecule has 0 fully saturated rings. The van der Waals surface area contributed by atoms with Crippen LogP contribution in [0.5, 0.6) is 0 Å². The Kier molecular flexibility index (Phi) is 4.52. The molecule has 0 unspecified atom stereocenters. The van der Waals surface area contributed by atoms with Gasteiger partial charge < -0.3 is 0 Å². The molecule has 0 aliphatic heterocycles. The maximum absolute atomic E-state index is 13.5. The zero-order chi connectivity index (χ0) is 16.9. The van der Waals surface area contributed by atoms with E-state index in [1.807, 2.05) is 42.5 Å². The first-order valence-corrected chi connectivity index (χ1v) is 7.45. The van der Waals surface area contributed by atoms with Crippen molar-refractivity contribution in [2.75, 3.05) is 0 Å². The number of amides is 2. The maximum Gasteiger partial charge on any atom is 0.272 e. The number of fused-ring (bicyclic) bond motifs is 1. The molecular formula is C19H15FN2O2. The lowest BCUT2D eigenvalue weighted by Crippen LogP contribution is -2.42. The zero-order valence-corrected chi connectivity index (χ0v) is 12.8. The molecular weight excluding hydrogens is 307 g/mol. The van der Waals surface area contributed by atoms with Crippen LogP contribution < -0.4 is 10.9 Å². The summed E-state index contributed by atoms with van der Waals surface area (Å²) in [5.74, 6) is -1.71. The van der Waals surface area contributed by atoms with E-state index in [-0.39, 0.29) is 17.9 Å². The van der Waals surface area contributed by atoms with Gasteiger partial charge in [-0.3, -0.25) is 20.4 Å². The van der Waals surface area contributed by atoms with E-state index in [9.17, 15) is 14.0 Å². The molecule has 3 rings (SSSR count). The molecule has 0 aliphatic carbocycles. The molecule has 3 aromatic rings.